The van der Waals surface area contributed by atoms with Crippen LogP contribution in [0.5, 0.6) is 0 Å². The van der Waals surface area contributed by atoms with Crippen LogP contribution in [0.4, 0.5) is 0 Å². The van der Waals surface area contributed by atoms with Crippen LogP contribution < -0.4 is 5.73 Å². The van der Waals surface area contributed by atoms with E-state index >= 15 is 0 Å². The zero-order chi connectivity index (χ0) is 11.3. The summed E-state index contributed by atoms with van der Waals surface area (Å²) in [5.41, 5.74) is 5.04. The molecule has 85 valence electrons. The van der Waals surface area contributed by atoms with Gasteiger partial charge >= 0.3 is 0 Å². The fourth-order valence-electron chi connectivity index (χ4n) is 1.51. The Morgan fingerprint density at radius 2 is 2.07 bits per heavy atom. The predicted octanol–water partition coefficient (Wildman–Crippen LogP) is -0.439. The van der Waals surface area contributed by atoms with Gasteiger partial charge in [0.2, 0.25) is 11.8 Å². The Morgan fingerprint density at radius 3 is 2.60 bits per heavy atom. The summed E-state index contributed by atoms with van der Waals surface area (Å²) >= 11 is 0. The topological polar surface area (TPSA) is 72.6 Å². The van der Waals surface area contributed by atoms with E-state index in [1.165, 1.54) is 0 Å². The molecular weight excluding hydrogens is 196 g/mol. The molecule has 1 heterocycles. The monoisotopic (exact) mass is 213 g/mol. The summed E-state index contributed by atoms with van der Waals surface area (Å²) in [6, 6.07) is 0. The number of carbonyl (C=O) groups is 2. The molecule has 0 bridgehead atoms. The van der Waals surface area contributed by atoms with Gasteiger partial charge in [0, 0.05) is 19.5 Å². The van der Waals surface area contributed by atoms with Crippen LogP contribution in [0.25, 0.3) is 0 Å². The Balaban J connectivity index is 2.30. The van der Waals surface area contributed by atoms with Crippen molar-refractivity contribution in [1.29, 1.82) is 0 Å². The minimum atomic E-state index is -0.381. The second-order valence-electron chi connectivity index (χ2n) is 3.75. The zero-order valence-electron chi connectivity index (χ0n) is 8.94. The third-order valence-corrected chi connectivity index (χ3v) is 2.27. The molecule has 2 amide bonds. The van der Waals surface area contributed by atoms with Crippen LogP contribution in [0.15, 0.2) is 0 Å². The molecule has 1 radical (unpaired) electrons. The first-order valence-corrected chi connectivity index (χ1v) is 5.09. The van der Waals surface area contributed by atoms with Crippen molar-refractivity contribution < 1.29 is 14.3 Å². The van der Waals surface area contributed by atoms with Gasteiger partial charge in [-0.2, -0.15) is 0 Å². The molecule has 1 rings (SSSR count). The molecule has 0 spiro atoms. The van der Waals surface area contributed by atoms with Crippen LogP contribution in [-0.4, -0.2) is 43.0 Å². The number of rotatable bonds is 4. The lowest BCUT2D eigenvalue weighted by Crippen LogP contribution is -2.41. The highest BCUT2D eigenvalue weighted by molar-refractivity contribution is 5.86. The average molecular weight is 213 g/mol. The molecule has 1 saturated heterocycles. The average Bonchev–Trinajstić information content (AvgIpc) is 2.17. The second kappa shape index (κ2) is 5.70. The van der Waals surface area contributed by atoms with Crippen molar-refractivity contribution in [3.8, 4) is 0 Å². The molecule has 5 nitrogen and oxygen atoms in total. The fourth-order valence-corrected chi connectivity index (χ4v) is 1.51. The number of primary amides is 1. The number of carbonyl (C=O) groups excluding carboxylic acids is 2. The van der Waals surface area contributed by atoms with E-state index in [1.54, 1.807) is 11.3 Å². The molecule has 0 aromatic heterocycles. The second-order valence-corrected chi connectivity index (χ2v) is 3.75. The van der Waals surface area contributed by atoms with Crippen LogP contribution in [0.2, 0.25) is 0 Å². The Bertz CT molecular complexity index is 237. The highest BCUT2D eigenvalue weighted by Gasteiger charge is 2.19. The van der Waals surface area contributed by atoms with Crippen molar-refractivity contribution >= 4 is 11.8 Å². The van der Waals surface area contributed by atoms with Gasteiger partial charge < -0.3 is 15.4 Å². The van der Waals surface area contributed by atoms with Gasteiger partial charge in [0.25, 0.3) is 0 Å². The van der Waals surface area contributed by atoms with Gasteiger partial charge in [-0.05, 0) is 5.92 Å². The van der Waals surface area contributed by atoms with E-state index in [-0.39, 0.29) is 24.2 Å². The number of morpholine rings is 1. The Morgan fingerprint density at radius 1 is 1.47 bits per heavy atom. The van der Waals surface area contributed by atoms with E-state index in [9.17, 15) is 9.59 Å². The predicted molar refractivity (Wildman–Crippen MR) is 54.7 cm³/mol. The lowest BCUT2D eigenvalue weighted by molar-refractivity contribution is -0.132. The molecule has 0 aromatic rings. The van der Waals surface area contributed by atoms with Crippen molar-refractivity contribution in [1.82, 2.24) is 4.90 Å². The molecule has 0 unspecified atom stereocenters. The summed E-state index contributed by atoms with van der Waals surface area (Å²) in [6.45, 7) is 4.23. The van der Waals surface area contributed by atoms with E-state index in [0.29, 0.717) is 26.3 Å². The highest BCUT2D eigenvalue weighted by atomic mass is 16.5. The highest BCUT2D eigenvalue weighted by Crippen LogP contribution is 2.09. The van der Waals surface area contributed by atoms with Crippen LogP contribution in [0, 0.1) is 12.3 Å². The molecule has 0 aromatic carbocycles. The smallest absolute Gasteiger partial charge is 0.226 e. The molecular formula is C10H17N2O3. The van der Waals surface area contributed by atoms with Gasteiger partial charge in [0.1, 0.15) is 0 Å². The Kier molecular flexibility index (Phi) is 4.55. The van der Waals surface area contributed by atoms with Gasteiger partial charge in [0.15, 0.2) is 0 Å². The standard InChI is InChI=1S/C10H17N2O3/c1-8(6-9(11)13)7-10(14)12-2-4-15-5-3-12/h7-8H,2-6H2,1H3,(H2,11,13)/t8-/m1/s1. The maximum atomic E-state index is 11.7. The first-order chi connectivity index (χ1) is 7.09. The van der Waals surface area contributed by atoms with Gasteiger partial charge in [0.05, 0.1) is 19.6 Å². The third kappa shape index (κ3) is 4.29. The summed E-state index contributed by atoms with van der Waals surface area (Å²) in [4.78, 5) is 24.0. The van der Waals surface area contributed by atoms with Gasteiger partial charge in [-0.3, -0.25) is 9.59 Å². The molecule has 1 atom stereocenters. The molecule has 0 saturated carbocycles. The van der Waals surface area contributed by atoms with Gasteiger partial charge in [-0.1, -0.05) is 6.92 Å². The summed E-state index contributed by atoms with van der Waals surface area (Å²) in [6.07, 6.45) is 1.77. The molecule has 2 N–H and O–H groups in total. The lowest BCUT2D eigenvalue weighted by Gasteiger charge is -2.27. The Labute approximate surface area is 89.6 Å². The SMILES string of the molecule is C[C@@H]([CH]C(=O)N1CCOCC1)CC(N)=O. The normalized spacial score (nSPS) is 18.6. The van der Waals surface area contributed by atoms with Crippen molar-refractivity contribution in [2.75, 3.05) is 26.3 Å². The van der Waals surface area contributed by atoms with E-state index in [4.69, 9.17) is 10.5 Å². The number of hydrogen-bond acceptors (Lipinski definition) is 3. The number of nitrogens with two attached hydrogens (primary N) is 1. The number of amides is 2. The summed E-state index contributed by atoms with van der Waals surface area (Å²) in [5, 5.41) is 0. The third-order valence-electron chi connectivity index (χ3n) is 2.27. The van der Waals surface area contributed by atoms with Crippen molar-refractivity contribution in [2.45, 2.75) is 13.3 Å². The first-order valence-electron chi connectivity index (χ1n) is 5.09. The number of ether oxygens (including phenoxy) is 1. The molecule has 5 heteroatoms. The van der Waals surface area contributed by atoms with Gasteiger partial charge in [-0.15, -0.1) is 0 Å². The van der Waals surface area contributed by atoms with Crippen molar-refractivity contribution in [3.05, 3.63) is 6.42 Å². The van der Waals surface area contributed by atoms with Gasteiger partial charge in [-0.25, -0.2) is 0 Å². The maximum Gasteiger partial charge on any atom is 0.226 e. The van der Waals surface area contributed by atoms with Crippen LogP contribution in [0.1, 0.15) is 13.3 Å². The van der Waals surface area contributed by atoms with Crippen molar-refractivity contribution in [3.63, 3.8) is 0 Å². The molecule has 1 aliphatic heterocycles. The Hall–Kier alpha value is -1.10. The maximum absolute atomic E-state index is 11.7. The number of nitrogens with zero attached hydrogens (tertiary/aromatic N) is 1. The summed E-state index contributed by atoms with van der Waals surface area (Å²) in [7, 11) is 0. The molecule has 1 fully saturated rings. The largest absolute Gasteiger partial charge is 0.378 e. The van der Waals surface area contributed by atoms with Crippen molar-refractivity contribution in [2.24, 2.45) is 11.7 Å². The van der Waals surface area contributed by atoms with E-state index in [1.807, 2.05) is 6.92 Å². The minimum absolute atomic E-state index is 0.0351. The molecule has 1 aliphatic rings. The summed E-state index contributed by atoms with van der Waals surface area (Å²) < 4.78 is 5.14. The molecule has 0 aliphatic carbocycles. The number of hydrogen-bond donors (Lipinski definition) is 1. The van der Waals surface area contributed by atoms with Crippen LogP contribution in [-0.2, 0) is 14.3 Å². The minimum Gasteiger partial charge on any atom is -0.378 e. The summed E-state index contributed by atoms with van der Waals surface area (Å²) in [5.74, 6) is -0.515. The van der Waals surface area contributed by atoms with E-state index < -0.39 is 0 Å². The zero-order valence-corrected chi connectivity index (χ0v) is 8.94. The fraction of sp³-hybridized carbons (Fsp3) is 0.700. The van der Waals surface area contributed by atoms with Crippen LogP contribution in [0.3, 0.4) is 0 Å². The quantitative estimate of drug-likeness (QED) is 0.688. The van der Waals surface area contributed by atoms with Crippen LogP contribution >= 0.6 is 0 Å². The molecule has 15 heavy (non-hydrogen) atoms. The first kappa shape index (κ1) is 12.0. The lowest BCUT2D eigenvalue weighted by atomic mass is 10.0. The van der Waals surface area contributed by atoms with E-state index in [2.05, 4.69) is 0 Å². The van der Waals surface area contributed by atoms with E-state index in [0.717, 1.165) is 0 Å².